The van der Waals surface area contributed by atoms with Crippen molar-refractivity contribution in [3.8, 4) is 0 Å². The van der Waals surface area contributed by atoms with Crippen LogP contribution in [0.2, 0.25) is 0 Å². The van der Waals surface area contributed by atoms with Gasteiger partial charge in [0, 0.05) is 13.0 Å². The van der Waals surface area contributed by atoms with Crippen molar-refractivity contribution in [3.05, 3.63) is 70.8 Å². The maximum Gasteiger partial charge on any atom is 0.341 e. The summed E-state index contributed by atoms with van der Waals surface area (Å²) in [5.41, 5.74) is 2.64. The number of amides is 1. The monoisotopic (exact) mass is 505 g/mol. The van der Waals surface area contributed by atoms with Crippen LogP contribution in [0.4, 0.5) is 0 Å². The number of esters is 2. The molecule has 0 aliphatic heterocycles. The quantitative estimate of drug-likeness (QED) is 0.250. The second-order valence-corrected chi connectivity index (χ2v) is 9.45. The fourth-order valence-corrected chi connectivity index (χ4v) is 3.83. The van der Waals surface area contributed by atoms with Gasteiger partial charge in [0.1, 0.15) is 0 Å². The molecule has 2 aromatic carbocycles. The number of aryl methyl sites for hydroxylation is 1. The van der Waals surface area contributed by atoms with Gasteiger partial charge in [-0.25, -0.2) is 9.59 Å². The number of carbonyl (C=O) groups is 3. The minimum atomic E-state index is -3.87. The van der Waals surface area contributed by atoms with Gasteiger partial charge < -0.3 is 14.8 Å². The third-order valence-electron chi connectivity index (χ3n) is 5.02. The van der Waals surface area contributed by atoms with Crippen LogP contribution in [0.1, 0.15) is 59.3 Å². The highest BCUT2D eigenvalue weighted by atomic mass is 32.2. The fraction of sp³-hybridized carbons (Fsp3) is 0.400. The highest BCUT2D eigenvalue weighted by Gasteiger charge is 2.26. The zero-order valence-electron chi connectivity index (χ0n) is 20.1. The first-order valence-electron chi connectivity index (χ1n) is 11.2. The number of carbonyl (C=O) groups excluding carboxylic acids is 3. The van der Waals surface area contributed by atoms with E-state index >= 15 is 0 Å². The number of methoxy groups -OCH3 is 1. The minimum absolute atomic E-state index is 0.0952. The second-order valence-electron chi connectivity index (χ2n) is 7.85. The molecule has 1 atom stereocenters. The first-order valence-corrected chi connectivity index (χ1v) is 13.0. The SMILES string of the molecule is CCOC(=O)c1cccc(CCCCC(=O)NCc2ccc(C(OS(C)(=O)=O)C(=O)OC)cc2)c1. The first kappa shape index (κ1) is 28.0. The molecule has 190 valence electrons. The third kappa shape index (κ3) is 9.87. The molecular weight excluding hydrogens is 474 g/mol. The molecule has 0 spiro atoms. The molecule has 2 aromatic rings. The van der Waals surface area contributed by atoms with E-state index in [1.807, 2.05) is 18.2 Å². The van der Waals surface area contributed by atoms with Crippen LogP contribution in [0.15, 0.2) is 48.5 Å². The molecule has 1 N–H and O–H groups in total. The Morgan fingerprint density at radius 2 is 1.71 bits per heavy atom. The van der Waals surface area contributed by atoms with E-state index in [2.05, 4.69) is 10.1 Å². The first-order chi connectivity index (χ1) is 16.6. The van der Waals surface area contributed by atoms with Crippen molar-refractivity contribution in [2.75, 3.05) is 20.0 Å². The smallest absolute Gasteiger partial charge is 0.341 e. The van der Waals surface area contributed by atoms with Gasteiger partial charge in [-0.15, -0.1) is 0 Å². The Hall–Kier alpha value is -3.24. The van der Waals surface area contributed by atoms with Crippen molar-refractivity contribution in [3.63, 3.8) is 0 Å². The maximum atomic E-state index is 12.2. The molecule has 0 heterocycles. The van der Waals surface area contributed by atoms with Gasteiger partial charge in [-0.05, 0) is 55.0 Å². The van der Waals surface area contributed by atoms with Crippen molar-refractivity contribution in [1.29, 1.82) is 0 Å². The Morgan fingerprint density at radius 1 is 1.00 bits per heavy atom. The van der Waals surface area contributed by atoms with Crippen LogP contribution >= 0.6 is 0 Å². The molecule has 1 unspecified atom stereocenters. The van der Waals surface area contributed by atoms with Crippen molar-refractivity contribution in [2.45, 2.75) is 45.3 Å². The molecule has 0 saturated carbocycles. The van der Waals surface area contributed by atoms with E-state index in [0.29, 0.717) is 30.6 Å². The van der Waals surface area contributed by atoms with Gasteiger partial charge in [0.2, 0.25) is 5.91 Å². The maximum absolute atomic E-state index is 12.2. The summed E-state index contributed by atoms with van der Waals surface area (Å²) in [5, 5.41) is 2.84. The molecule has 2 rings (SSSR count). The summed E-state index contributed by atoms with van der Waals surface area (Å²) >= 11 is 0. The zero-order chi connectivity index (χ0) is 25.8. The standard InChI is InChI=1S/C25H31NO8S/c1-4-33-24(28)21-10-7-9-18(16-21)8-5-6-11-22(27)26-17-19-12-14-20(15-13-19)23(25(29)32-2)34-35(3,30)31/h7,9-10,12-16,23H,4-6,8,11,17H2,1-3H3,(H,26,27). The van der Waals surface area contributed by atoms with Crippen LogP contribution in [0.5, 0.6) is 0 Å². The van der Waals surface area contributed by atoms with E-state index in [1.54, 1.807) is 37.3 Å². The van der Waals surface area contributed by atoms with Crippen molar-refractivity contribution >= 4 is 28.0 Å². The van der Waals surface area contributed by atoms with Gasteiger partial charge in [-0.3, -0.25) is 8.98 Å². The number of nitrogens with one attached hydrogen (secondary N) is 1. The molecule has 0 fully saturated rings. The van der Waals surface area contributed by atoms with Gasteiger partial charge in [0.05, 0.1) is 25.5 Å². The average Bonchev–Trinajstić information content (AvgIpc) is 2.83. The molecule has 0 aliphatic carbocycles. The Bertz CT molecular complexity index is 1110. The highest BCUT2D eigenvalue weighted by Crippen LogP contribution is 2.21. The van der Waals surface area contributed by atoms with E-state index in [9.17, 15) is 22.8 Å². The summed E-state index contributed by atoms with van der Waals surface area (Å²) in [4.78, 5) is 35.9. The largest absolute Gasteiger partial charge is 0.467 e. The zero-order valence-corrected chi connectivity index (χ0v) is 20.9. The summed E-state index contributed by atoms with van der Waals surface area (Å²) in [6, 6.07) is 13.8. The lowest BCUT2D eigenvalue weighted by molar-refractivity contribution is -0.149. The van der Waals surface area contributed by atoms with Crippen molar-refractivity contribution in [1.82, 2.24) is 5.32 Å². The molecule has 0 aromatic heterocycles. The van der Waals surface area contributed by atoms with Gasteiger partial charge in [0.15, 0.2) is 6.10 Å². The van der Waals surface area contributed by atoms with E-state index in [-0.39, 0.29) is 18.4 Å². The predicted octanol–water partition coefficient (Wildman–Crippen LogP) is 3.08. The number of benzene rings is 2. The van der Waals surface area contributed by atoms with Crippen molar-refractivity contribution < 1.29 is 36.5 Å². The summed E-state index contributed by atoms with van der Waals surface area (Å²) < 4.78 is 37.3. The van der Waals surface area contributed by atoms with Crippen LogP contribution in [-0.2, 0) is 46.3 Å². The van der Waals surface area contributed by atoms with Gasteiger partial charge in [0.25, 0.3) is 10.1 Å². The van der Waals surface area contributed by atoms with Crippen LogP contribution in [0.3, 0.4) is 0 Å². The Morgan fingerprint density at radius 3 is 2.34 bits per heavy atom. The lowest BCUT2D eigenvalue weighted by Crippen LogP contribution is -2.23. The average molecular weight is 506 g/mol. The van der Waals surface area contributed by atoms with Gasteiger partial charge in [-0.1, -0.05) is 36.4 Å². The number of ether oxygens (including phenoxy) is 2. The molecule has 0 bridgehead atoms. The Balaban J connectivity index is 1.79. The molecule has 0 aliphatic rings. The van der Waals surface area contributed by atoms with Crippen LogP contribution in [-0.4, -0.2) is 46.2 Å². The van der Waals surface area contributed by atoms with Crippen LogP contribution in [0.25, 0.3) is 0 Å². The van der Waals surface area contributed by atoms with Gasteiger partial charge in [-0.2, -0.15) is 8.42 Å². The van der Waals surface area contributed by atoms with Crippen LogP contribution in [0, 0.1) is 0 Å². The summed E-state index contributed by atoms with van der Waals surface area (Å²) in [6.07, 6.45) is 2.06. The second kappa shape index (κ2) is 13.6. The minimum Gasteiger partial charge on any atom is -0.467 e. The topological polar surface area (TPSA) is 125 Å². The molecule has 35 heavy (non-hydrogen) atoms. The molecule has 0 radical (unpaired) electrons. The predicted molar refractivity (Wildman–Crippen MR) is 129 cm³/mol. The van der Waals surface area contributed by atoms with E-state index in [4.69, 9.17) is 8.92 Å². The van der Waals surface area contributed by atoms with E-state index < -0.39 is 22.2 Å². The summed E-state index contributed by atoms with van der Waals surface area (Å²) in [5.74, 6) is -1.27. The highest BCUT2D eigenvalue weighted by molar-refractivity contribution is 7.86. The molecular formula is C25H31NO8S. The third-order valence-corrected chi connectivity index (χ3v) is 5.56. The molecule has 10 heteroatoms. The van der Waals surface area contributed by atoms with Crippen molar-refractivity contribution in [2.24, 2.45) is 0 Å². The molecule has 9 nitrogen and oxygen atoms in total. The molecule has 0 saturated heterocycles. The van der Waals surface area contributed by atoms with Gasteiger partial charge >= 0.3 is 11.9 Å². The Kier molecular flexibility index (Phi) is 10.9. The molecule has 1 amide bonds. The van der Waals surface area contributed by atoms with Crippen LogP contribution < -0.4 is 5.32 Å². The summed E-state index contributed by atoms with van der Waals surface area (Å²) in [6.45, 7) is 2.38. The number of unbranched alkanes of at least 4 members (excludes halogenated alkanes) is 1. The number of hydrogen-bond acceptors (Lipinski definition) is 8. The lowest BCUT2D eigenvalue weighted by atomic mass is 10.0. The normalized spacial score (nSPS) is 12.0. The van der Waals surface area contributed by atoms with E-state index in [1.165, 1.54) is 0 Å². The van der Waals surface area contributed by atoms with E-state index in [0.717, 1.165) is 37.3 Å². The Labute approximate surface area is 205 Å². The lowest BCUT2D eigenvalue weighted by Gasteiger charge is -2.15. The number of rotatable bonds is 13. The number of hydrogen-bond donors (Lipinski definition) is 1. The summed E-state index contributed by atoms with van der Waals surface area (Å²) in [7, 11) is -2.73. The fourth-order valence-electron chi connectivity index (χ4n) is 3.29.